The topological polar surface area (TPSA) is 111 Å². The minimum absolute atomic E-state index is 0.0478. The van der Waals surface area contributed by atoms with Gasteiger partial charge >= 0.3 is 0 Å². The summed E-state index contributed by atoms with van der Waals surface area (Å²) in [5.41, 5.74) is 1.71. The van der Waals surface area contributed by atoms with Crippen molar-refractivity contribution in [2.45, 2.75) is 45.8 Å². The second kappa shape index (κ2) is 10.9. The highest BCUT2D eigenvalue weighted by atomic mass is 35.5. The first kappa shape index (κ1) is 26.5. The Labute approximate surface area is 227 Å². The summed E-state index contributed by atoms with van der Waals surface area (Å²) >= 11 is 6.22. The average Bonchev–Trinajstić information content (AvgIpc) is 3.24. The normalized spacial score (nSPS) is 14.1. The molecule has 12 heteroatoms. The number of carbonyl (C=O) groups excluding carboxylic acids is 2. The number of benzene rings is 1. The van der Waals surface area contributed by atoms with Crippen LogP contribution >= 0.6 is 11.6 Å². The quantitative estimate of drug-likeness (QED) is 0.290. The molecule has 0 spiro atoms. The number of rotatable bonds is 8. The number of hydrogen-bond acceptors (Lipinski definition) is 6. The van der Waals surface area contributed by atoms with Crippen LogP contribution in [0.4, 0.5) is 14.6 Å². The summed E-state index contributed by atoms with van der Waals surface area (Å²) in [6.45, 7) is 3.05. The summed E-state index contributed by atoms with van der Waals surface area (Å²) in [5, 5.41) is 9.68. The Morgan fingerprint density at radius 1 is 1.23 bits per heavy atom. The number of amides is 2. The standard InChI is InChI=1S/C27H25ClF2N6O3/c1-14(16-4-3-5-16)39-25-18(8-19(29)10-21(25)30)12-32-27(38)20-9-17(11-31-26(20)28)22-6-7-24-34-23(33-15(2)37)13-36(24)35-22/h6-11,13-14,16H,3-5,12H2,1-2H3,(H,32,38)(H,33,37). The molecule has 1 saturated carbocycles. The molecule has 0 aliphatic heterocycles. The number of pyridine rings is 1. The van der Waals surface area contributed by atoms with Crippen LogP contribution in [-0.4, -0.2) is 37.5 Å². The lowest BCUT2D eigenvalue weighted by molar-refractivity contribution is -0.114. The van der Waals surface area contributed by atoms with Gasteiger partial charge in [-0.2, -0.15) is 5.10 Å². The third-order valence-corrected chi connectivity index (χ3v) is 6.95. The van der Waals surface area contributed by atoms with E-state index in [1.807, 2.05) is 6.92 Å². The zero-order chi connectivity index (χ0) is 27.7. The molecule has 9 nitrogen and oxygen atoms in total. The van der Waals surface area contributed by atoms with Gasteiger partial charge in [-0.05, 0) is 49.9 Å². The summed E-state index contributed by atoms with van der Waals surface area (Å²) in [5.74, 6) is -1.86. The Bertz CT molecular complexity index is 1570. The van der Waals surface area contributed by atoms with E-state index in [1.54, 1.807) is 18.3 Å². The summed E-state index contributed by atoms with van der Waals surface area (Å²) < 4.78 is 36.0. The molecule has 1 aliphatic rings. The Morgan fingerprint density at radius 2 is 2.03 bits per heavy atom. The van der Waals surface area contributed by atoms with Crippen molar-refractivity contribution in [3.63, 3.8) is 0 Å². The van der Waals surface area contributed by atoms with Crippen LogP contribution < -0.4 is 15.4 Å². The monoisotopic (exact) mass is 554 g/mol. The van der Waals surface area contributed by atoms with Gasteiger partial charge in [0.15, 0.2) is 23.0 Å². The number of halogens is 3. The predicted molar refractivity (Wildman–Crippen MR) is 140 cm³/mol. The van der Waals surface area contributed by atoms with E-state index in [9.17, 15) is 18.4 Å². The van der Waals surface area contributed by atoms with Crippen molar-refractivity contribution in [1.82, 2.24) is 24.9 Å². The maximum Gasteiger partial charge on any atom is 0.254 e. The zero-order valence-corrected chi connectivity index (χ0v) is 21.9. The highest BCUT2D eigenvalue weighted by molar-refractivity contribution is 6.32. The lowest BCUT2D eigenvalue weighted by Gasteiger charge is -2.32. The molecule has 3 heterocycles. The number of hydrogen-bond donors (Lipinski definition) is 2. The Hall–Kier alpha value is -4.12. The van der Waals surface area contributed by atoms with Crippen LogP contribution in [0.1, 0.15) is 49.0 Å². The number of imidazole rings is 1. The van der Waals surface area contributed by atoms with Gasteiger partial charge in [-0.15, -0.1) is 0 Å². The van der Waals surface area contributed by atoms with Crippen LogP contribution in [0.25, 0.3) is 16.9 Å². The van der Waals surface area contributed by atoms with E-state index in [4.69, 9.17) is 16.3 Å². The molecule has 202 valence electrons. The van der Waals surface area contributed by atoms with E-state index >= 15 is 0 Å². The number of nitrogens with one attached hydrogen (secondary N) is 2. The third kappa shape index (κ3) is 5.83. The number of ether oxygens (including phenoxy) is 1. The number of anilines is 1. The highest BCUT2D eigenvalue weighted by Crippen LogP contribution is 2.34. The summed E-state index contributed by atoms with van der Waals surface area (Å²) in [6, 6.07) is 6.82. The van der Waals surface area contributed by atoms with Crippen LogP contribution in [0.5, 0.6) is 5.75 Å². The molecule has 5 rings (SSSR count). The van der Waals surface area contributed by atoms with Crippen LogP contribution in [0.3, 0.4) is 0 Å². The fourth-order valence-electron chi connectivity index (χ4n) is 4.36. The SMILES string of the molecule is CC(=O)Nc1cn2nc(-c3cnc(Cl)c(C(=O)NCc4cc(F)cc(F)c4OC(C)C4CCC4)c3)ccc2n1. The van der Waals surface area contributed by atoms with Gasteiger partial charge in [0.05, 0.1) is 23.6 Å². The van der Waals surface area contributed by atoms with Gasteiger partial charge in [-0.3, -0.25) is 9.59 Å². The molecule has 1 fully saturated rings. The lowest BCUT2D eigenvalue weighted by Crippen LogP contribution is -2.30. The maximum absolute atomic E-state index is 14.6. The van der Waals surface area contributed by atoms with Crippen molar-refractivity contribution < 1.29 is 23.1 Å². The fraction of sp³-hybridized carbons (Fsp3) is 0.296. The van der Waals surface area contributed by atoms with E-state index in [0.717, 1.165) is 31.4 Å². The highest BCUT2D eigenvalue weighted by Gasteiger charge is 2.27. The van der Waals surface area contributed by atoms with Crippen molar-refractivity contribution in [3.05, 3.63) is 70.6 Å². The van der Waals surface area contributed by atoms with E-state index in [2.05, 4.69) is 25.7 Å². The molecule has 0 radical (unpaired) electrons. The van der Waals surface area contributed by atoms with Crippen molar-refractivity contribution in [2.75, 3.05) is 5.32 Å². The van der Waals surface area contributed by atoms with Crippen LogP contribution in [-0.2, 0) is 11.3 Å². The Balaban J connectivity index is 1.35. The molecule has 1 atom stereocenters. The Kier molecular flexibility index (Phi) is 7.42. The van der Waals surface area contributed by atoms with E-state index in [0.29, 0.717) is 28.6 Å². The van der Waals surface area contributed by atoms with Crippen molar-refractivity contribution in [3.8, 4) is 17.0 Å². The van der Waals surface area contributed by atoms with Gasteiger partial charge in [-0.1, -0.05) is 18.0 Å². The molecule has 1 unspecified atom stereocenters. The van der Waals surface area contributed by atoms with Gasteiger partial charge in [0.2, 0.25) is 5.91 Å². The predicted octanol–water partition coefficient (Wildman–Crippen LogP) is 5.18. The molecule has 0 saturated heterocycles. The smallest absolute Gasteiger partial charge is 0.254 e. The molecular formula is C27H25ClF2N6O3. The summed E-state index contributed by atoms with van der Waals surface area (Å²) in [4.78, 5) is 32.8. The van der Waals surface area contributed by atoms with Gasteiger partial charge < -0.3 is 15.4 Å². The molecular weight excluding hydrogens is 530 g/mol. The minimum Gasteiger partial charge on any atom is -0.487 e. The Morgan fingerprint density at radius 3 is 2.74 bits per heavy atom. The summed E-state index contributed by atoms with van der Waals surface area (Å²) in [7, 11) is 0. The molecule has 0 bridgehead atoms. The third-order valence-electron chi connectivity index (χ3n) is 6.65. The molecule has 1 aliphatic carbocycles. The molecule has 1 aromatic carbocycles. The van der Waals surface area contributed by atoms with E-state index in [1.165, 1.54) is 23.7 Å². The van der Waals surface area contributed by atoms with E-state index in [-0.39, 0.29) is 40.6 Å². The van der Waals surface area contributed by atoms with E-state index < -0.39 is 17.5 Å². The molecule has 3 aromatic heterocycles. The van der Waals surface area contributed by atoms with Crippen LogP contribution in [0, 0.1) is 17.6 Å². The maximum atomic E-state index is 14.6. The second-order valence-corrected chi connectivity index (χ2v) is 9.82. The fourth-order valence-corrected chi connectivity index (χ4v) is 4.55. The first-order valence-corrected chi connectivity index (χ1v) is 12.8. The number of fused-ring (bicyclic) bond motifs is 1. The van der Waals surface area contributed by atoms with Gasteiger partial charge in [0.25, 0.3) is 5.91 Å². The average molecular weight is 555 g/mol. The number of aromatic nitrogens is 4. The van der Waals surface area contributed by atoms with Crippen molar-refractivity contribution >= 4 is 34.9 Å². The second-order valence-electron chi connectivity index (χ2n) is 9.46. The molecule has 4 aromatic rings. The first-order chi connectivity index (χ1) is 18.7. The van der Waals surface area contributed by atoms with Crippen LogP contribution in [0.2, 0.25) is 5.15 Å². The van der Waals surface area contributed by atoms with Crippen molar-refractivity contribution in [2.24, 2.45) is 5.92 Å². The molecule has 2 amide bonds. The minimum atomic E-state index is -0.824. The van der Waals surface area contributed by atoms with Gasteiger partial charge in [0, 0.05) is 36.9 Å². The first-order valence-electron chi connectivity index (χ1n) is 12.4. The summed E-state index contributed by atoms with van der Waals surface area (Å²) in [6.07, 6.45) is 5.88. The van der Waals surface area contributed by atoms with Crippen molar-refractivity contribution in [1.29, 1.82) is 0 Å². The zero-order valence-electron chi connectivity index (χ0n) is 21.2. The lowest BCUT2D eigenvalue weighted by atomic mass is 9.82. The van der Waals surface area contributed by atoms with Gasteiger partial charge in [-0.25, -0.2) is 23.3 Å². The van der Waals surface area contributed by atoms with Crippen LogP contribution in [0.15, 0.2) is 42.7 Å². The van der Waals surface area contributed by atoms with Gasteiger partial charge in [0.1, 0.15) is 11.0 Å². The number of carbonyl (C=O) groups is 2. The molecule has 39 heavy (non-hydrogen) atoms. The molecule has 2 N–H and O–H groups in total. The number of nitrogens with zero attached hydrogens (tertiary/aromatic N) is 4. The largest absolute Gasteiger partial charge is 0.487 e.